The largest absolute Gasteiger partial charge is 0.229 e. The van der Waals surface area contributed by atoms with Gasteiger partial charge in [0.1, 0.15) is 0 Å². The Labute approximate surface area is 115 Å². The minimum absolute atomic E-state index is 0.341. The fraction of sp³-hybridized carbons (Fsp3) is 1.00. The highest BCUT2D eigenvalue weighted by Gasteiger charge is 2.37. The van der Waals surface area contributed by atoms with Gasteiger partial charge in [-0.2, -0.15) is 23.5 Å². The lowest BCUT2D eigenvalue weighted by molar-refractivity contribution is 0.602. The second kappa shape index (κ2) is 7.95. The van der Waals surface area contributed by atoms with E-state index in [1.807, 2.05) is 23.5 Å². The van der Waals surface area contributed by atoms with Gasteiger partial charge in [-0.3, -0.25) is 0 Å². The zero-order chi connectivity index (χ0) is 12.7. The molecule has 1 rings (SSSR count). The van der Waals surface area contributed by atoms with E-state index in [9.17, 15) is 8.42 Å². The number of hydrogen-bond acceptors (Lipinski definition) is 4. The summed E-state index contributed by atoms with van der Waals surface area (Å²) in [5.41, 5.74) is 0. The zero-order valence-corrected chi connectivity index (χ0v) is 13.3. The third-order valence-corrected chi connectivity index (χ3v) is 8.13. The molecule has 1 aliphatic heterocycles. The third-order valence-electron chi connectivity index (χ3n) is 2.91. The van der Waals surface area contributed by atoms with Crippen LogP contribution in [0.5, 0.6) is 0 Å². The maximum atomic E-state index is 11.7. The van der Waals surface area contributed by atoms with Crippen LogP contribution in [0.4, 0.5) is 0 Å². The molecule has 1 saturated heterocycles. The van der Waals surface area contributed by atoms with Crippen molar-refractivity contribution in [1.82, 2.24) is 0 Å². The lowest BCUT2D eigenvalue weighted by Crippen LogP contribution is -2.18. The molecule has 0 saturated carbocycles. The predicted octanol–water partition coefficient (Wildman–Crippen LogP) is 3.22. The summed E-state index contributed by atoms with van der Waals surface area (Å²) in [6.45, 7) is 4.36. The van der Waals surface area contributed by atoms with Gasteiger partial charge < -0.3 is 0 Å². The minimum Gasteiger partial charge on any atom is -0.229 e. The molecule has 1 fully saturated rings. The van der Waals surface area contributed by atoms with Gasteiger partial charge in [-0.25, -0.2) is 8.42 Å². The van der Waals surface area contributed by atoms with E-state index < -0.39 is 9.84 Å². The summed E-state index contributed by atoms with van der Waals surface area (Å²) in [6, 6.07) is 0. The van der Waals surface area contributed by atoms with Crippen molar-refractivity contribution in [2.24, 2.45) is 0 Å². The second-order valence-corrected chi connectivity index (χ2v) is 9.45. The van der Waals surface area contributed by atoms with E-state index in [4.69, 9.17) is 0 Å². The quantitative estimate of drug-likeness (QED) is 0.644. The first-order valence-corrected chi connectivity index (χ1v) is 10.4. The van der Waals surface area contributed by atoms with E-state index in [-0.39, 0.29) is 0 Å². The van der Waals surface area contributed by atoms with Gasteiger partial charge in [-0.05, 0) is 24.3 Å². The maximum absolute atomic E-state index is 11.7. The Bertz CT molecular complexity index is 277. The van der Waals surface area contributed by atoms with Crippen molar-refractivity contribution in [1.29, 1.82) is 0 Å². The molecule has 0 radical (unpaired) electrons. The summed E-state index contributed by atoms with van der Waals surface area (Å²) >= 11 is 3.75. The van der Waals surface area contributed by atoms with Gasteiger partial charge >= 0.3 is 0 Å². The number of sulfone groups is 1. The summed E-state index contributed by atoms with van der Waals surface area (Å²) in [5.74, 6) is 3.04. The fourth-order valence-electron chi connectivity index (χ4n) is 1.85. The van der Waals surface area contributed by atoms with E-state index in [2.05, 4.69) is 13.8 Å². The summed E-state index contributed by atoms with van der Waals surface area (Å²) < 4.78 is 23.4. The Balaban J connectivity index is 2.40. The van der Waals surface area contributed by atoms with Crippen LogP contribution in [-0.2, 0) is 9.84 Å². The van der Waals surface area contributed by atoms with Crippen LogP contribution < -0.4 is 0 Å². The molecule has 17 heavy (non-hydrogen) atoms. The second-order valence-electron chi connectivity index (χ2n) is 4.60. The molecule has 102 valence electrons. The molecule has 2 nitrogen and oxygen atoms in total. The number of rotatable bonds is 8. The third kappa shape index (κ3) is 5.88. The average Bonchev–Trinajstić information content (AvgIpc) is 2.54. The Morgan fingerprint density at radius 3 is 1.71 bits per heavy atom. The van der Waals surface area contributed by atoms with Crippen LogP contribution in [0.15, 0.2) is 0 Å². The van der Waals surface area contributed by atoms with E-state index in [0.29, 0.717) is 22.0 Å². The maximum Gasteiger partial charge on any atom is 0.152 e. The minimum atomic E-state index is -2.76. The summed E-state index contributed by atoms with van der Waals surface area (Å²) in [6.07, 6.45) is 4.79. The molecular formula is C12H24O2S3. The highest BCUT2D eigenvalue weighted by Crippen LogP contribution is 2.33. The Kier molecular flexibility index (Phi) is 7.34. The Hall–Kier alpha value is 0.650. The van der Waals surface area contributed by atoms with Crippen molar-refractivity contribution < 1.29 is 8.42 Å². The van der Waals surface area contributed by atoms with Crippen LogP contribution in [0.25, 0.3) is 0 Å². The summed E-state index contributed by atoms with van der Waals surface area (Å²) in [4.78, 5) is 0. The monoisotopic (exact) mass is 296 g/mol. The van der Waals surface area contributed by atoms with Crippen molar-refractivity contribution in [2.45, 2.75) is 50.0 Å². The lowest BCUT2D eigenvalue weighted by Gasteiger charge is -2.16. The van der Waals surface area contributed by atoms with Crippen molar-refractivity contribution >= 4 is 33.4 Å². The first kappa shape index (κ1) is 15.7. The summed E-state index contributed by atoms with van der Waals surface area (Å²) in [5, 5.41) is 0.682. The highest BCUT2D eigenvalue weighted by molar-refractivity contribution is 8.06. The molecule has 0 N–H and O–H groups in total. The smallest absolute Gasteiger partial charge is 0.152 e. The molecule has 2 atom stereocenters. The number of thioether (sulfide) groups is 2. The molecule has 0 aromatic rings. The normalized spacial score (nSPS) is 27.4. The molecule has 0 aromatic heterocycles. The number of hydrogen-bond donors (Lipinski definition) is 0. The average molecular weight is 297 g/mol. The van der Waals surface area contributed by atoms with E-state index in [0.717, 1.165) is 11.5 Å². The van der Waals surface area contributed by atoms with Crippen LogP contribution >= 0.6 is 23.5 Å². The van der Waals surface area contributed by atoms with Gasteiger partial charge in [0, 0.05) is 10.5 Å². The van der Waals surface area contributed by atoms with Gasteiger partial charge in [0.05, 0.1) is 11.5 Å². The molecule has 0 aromatic carbocycles. The van der Waals surface area contributed by atoms with Gasteiger partial charge in [0.25, 0.3) is 0 Å². The van der Waals surface area contributed by atoms with Crippen LogP contribution in [0.1, 0.15) is 39.5 Å². The molecule has 1 aliphatic rings. The molecule has 0 bridgehead atoms. The van der Waals surface area contributed by atoms with Gasteiger partial charge in [0.15, 0.2) is 9.84 Å². The van der Waals surface area contributed by atoms with E-state index in [1.54, 1.807) is 0 Å². The van der Waals surface area contributed by atoms with E-state index in [1.165, 1.54) is 25.7 Å². The SMILES string of the molecule is CCCCS[C@@H]1CS(=O)(=O)C[C@H]1SCCCC. The van der Waals surface area contributed by atoms with Gasteiger partial charge in [-0.1, -0.05) is 26.7 Å². The van der Waals surface area contributed by atoms with Crippen LogP contribution in [0.2, 0.25) is 0 Å². The van der Waals surface area contributed by atoms with Crippen LogP contribution in [0.3, 0.4) is 0 Å². The molecule has 0 amide bonds. The zero-order valence-electron chi connectivity index (χ0n) is 10.9. The molecule has 0 spiro atoms. The molecule has 1 heterocycles. The van der Waals surface area contributed by atoms with Crippen molar-refractivity contribution in [3.8, 4) is 0 Å². The van der Waals surface area contributed by atoms with Gasteiger partial charge in [-0.15, -0.1) is 0 Å². The first-order chi connectivity index (χ1) is 8.09. The van der Waals surface area contributed by atoms with Crippen molar-refractivity contribution in [2.75, 3.05) is 23.0 Å². The molecule has 0 unspecified atom stereocenters. The predicted molar refractivity (Wildman–Crippen MR) is 81.0 cm³/mol. The van der Waals surface area contributed by atoms with Gasteiger partial charge in [0.2, 0.25) is 0 Å². The van der Waals surface area contributed by atoms with Crippen LogP contribution in [0, 0.1) is 0 Å². The standard InChI is InChI=1S/C12H24O2S3/c1-3-5-7-15-11-9-17(13,14)10-12(11)16-8-6-4-2/h11-12H,3-10H2,1-2H3/t11-,12-/m1/s1. The first-order valence-electron chi connectivity index (χ1n) is 6.52. The van der Waals surface area contributed by atoms with Crippen molar-refractivity contribution in [3.05, 3.63) is 0 Å². The molecule has 0 aliphatic carbocycles. The topological polar surface area (TPSA) is 34.1 Å². The highest BCUT2D eigenvalue weighted by atomic mass is 32.2. The summed E-state index contributed by atoms with van der Waals surface area (Å²) in [7, 11) is -2.76. The Morgan fingerprint density at radius 2 is 1.35 bits per heavy atom. The lowest BCUT2D eigenvalue weighted by atomic mass is 10.4. The molecular weight excluding hydrogens is 272 g/mol. The molecule has 5 heteroatoms. The Morgan fingerprint density at radius 1 is 0.941 bits per heavy atom. The van der Waals surface area contributed by atoms with E-state index >= 15 is 0 Å². The number of unbranched alkanes of at least 4 members (excludes halogenated alkanes) is 2. The fourth-order valence-corrected chi connectivity index (χ4v) is 8.32. The van der Waals surface area contributed by atoms with Crippen LogP contribution in [-0.4, -0.2) is 41.9 Å². The van der Waals surface area contributed by atoms with Crippen molar-refractivity contribution in [3.63, 3.8) is 0 Å².